The number of nitrogens with one attached hydrogen (secondary N) is 2. The van der Waals surface area contributed by atoms with Crippen molar-refractivity contribution < 1.29 is 9.53 Å². The van der Waals surface area contributed by atoms with Gasteiger partial charge in [0, 0.05) is 13.2 Å². The van der Waals surface area contributed by atoms with Crippen LogP contribution in [0.25, 0.3) is 0 Å². The van der Waals surface area contributed by atoms with Crippen LogP contribution in [0.1, 0.15) is 29.8 Å². The summed E-state index contributed by atoms with van der Waals surface area (Å²) in [6.07, 6.45) is 2.88. The van der Waals surface area contributed by atoms with E-state index in [2.05, 4.69) is 15.7 Å². The average molecular weight is 285 g/mol. The van der Waals surface area contributed by atoms with Crippen molar-refractivity contribution in [3.05, 3.63) is 22.8 Å². The predicted molar refractivity (Wildman–Crippen MR) is 73.0 cm³/mol. The Bertz CT molecular complexity index is 469. The molecule has 1 amide bonds. The number of nitrogens with zero attached hydrogens (tertiary/aromatic N) is 1. The second kappa shape index (κ2) is 6.18. The largest absolute Gasteiger partial charge is 0.381 e. The van der Waals surface area contributed by atoms with E-state index in [-0.39, 0.29) is 23.7 Å². The Hall–Kier alpha value is -1.37. The summed E-state index contributed by atoms with van der Waals surface area (Å²) in [5, 5.41) is 3.22. The zero-order chi connectivity index (χ0) is 13.8. The van der Waals surface area contributed by atoms with Crippen LogP contribution in [0.2, 0.25) is 5.02 Å². The molecule has 0 saturated heterocycles. The predicted octanol–water partition coefficient (Wildman–Crippen LogP) is 1.32. The molecule has 0 radical (unpaired) electrons. The van der Waals surface area contributed by atoms with Crippen LogP contribution >= 0.6 is 11.6 Å². The summed E-state index contributed by atoms with van der Waals surface area (Å²) in [4.78, 5) is 16.2. The number of carbonyl (C=O) groups is 1. The van der Waals surface area contributed by atoms with Crippen molar-refractivity contribution in [1.29, 1.82) is 0 Å². The fourth-order valence-electron chi connectivity index (χ4n) is 2.22. The van der Waals surface area contributed by atoms with Crippen LogP contribution in [0.15, 0.2) is 12.1 Å². The van der Waals surface area contributed by atoms with Crippen molar-refractivity contribution in [2.75, 3.05) is 12.5 Å². The monoisotopic (exact) mass is 284 g/mol. The molecule has 1 aromatic heterocycles. The highest BCUT2D eigenvalue weighted by Crippen LogP contribution is 2.22. The molecule has 0 aromatic carbocycles. The van der Waals surface area contributed by atoms with Gasteiger partial charge in [0.05, 0.1) is 11.1 Å². The fraction of sp³-hybridized carbons (Fsp3) is 0.500. The number of carbonyl (C=O) groups excluding carboxylic acids is 1. The van der Waals surface area contributed by atoms with Gasteiger partial charge in [-0.05, 0) is 31.4 Å². The average Bonchev–Trinajstić information content (AvgIpc) is 2.87. The topological polar surface area (TPSA) is 89.3 Å². The third kappa shape index (κ3) is 3.34. The first-order valence-electron chi connectivity index (χ1n) is 6.11. The zero-order valence-electron chi connectivity index (χ0n) is 10.6. The molecular weight excluding hydrogens is 268 g/mol. The number of nitrogens with two attached hydrogens (primary N) is 1. The van der Waals surface area contributed by atoms with Gasteiger partial charge in [0.2, 0.25) is 0 Å². The Morgan fingerprint density at radius 2 is 2.32 bits per heavy atom. The molecule has 0 aliphatic heterocycles. The smallest absolute Gasteiger partial charge is 0.271 e. The number of nitrogen functional groups attached to an aromatic ring is 1. The quantitative estimate of drug-likeness (QED) is 0.573. The minimum Gasteiger partial charge on any atom is -0.381 e. The van der Waals surface area contributed by atoms with Gasteiger partial charge < -0.3 is 15.5 Å². The maximum Gasteiger partial charge on any atom is 0.271 e. The molecule has 0 spiro atoms. The van der Waals surface area contributed by atoms with E-state index in [0.29, 0.717) is 10.8 Å². The number of hydrazine groups is 1. The number of rotatable bonds is 4. The van der Waals surface area contributed by atoms with Crippen LogP contribution < -0.4 is 16.6 Å². The number of aromatic nitrogens is 1. The lowest BCUT2D eigenvalue weighted by molar-refractivity contribution is 0.0911. The number of anilines is 1. The van der Waals surface area contributed by atoms with Crippen LogP contribution in [0.5, 0.6) is 0 Å². The van der Waals surface area contributed by atoms with Gasteiger partial charge in [-0.15, -0.1) is 0 Å². The lowest BCUT2D eigenvalue weighted by Crippen LogP contribution is -2.34. The highest BCUT2D eigenvalue weighted by molar-refractivity contribution is 6.33. The number of pyridine rings is 1. The number of hydrogen-bond donors (Lipinski definition) is 3. The van der Waals surface area contributed by atoms with Gasteiger partial charge in [-0.25, -0.2) is 10.8 Å². The van der Waals surface area contributed by atoms with Crippen LogP contribution in [-0.2, 0) is 4.74 Å². The molecule has 1 heterocycles. The molecule has 19 heavy (non-hydrogen) atoms. The van der Waals surface area contributed by atoms with Gasteiger partial charge in [-0.1, -0.05) is 11.6 Å². The number of halogens is 1. The fourth-order valence-corrected chi connectivity index (χ4v) is 2.41. The molecule has 2 atom stereocenters. The van der Waals surface area contributed by atoms with Gasteiger partial charge in [0.25, 0.3) is 5.91 Å². The molecule has 1 aliphatic carbocycles. The molecule has 1 aromatic rings. The lowest BCUT2D eigenvalue weighted by atomic mass is 10.2. The van der Waals surface area contributed by atoms with E-state index in [4.69, 9.17) is 22.2 Å². The Kier molecular flexibility index (Phi) is 4.57. The van der Waals surface area contributed by atoms with Crippen LogP contribution in [-0.4, -0.2) is 30.1 Å². The SMILES string of the molecule is COC1CCC(NC(=O)c2nc(NN)ccc2Cl)C1. The highest BCUT2D eigenvalue weighted by atomic mass is 35.5. The summed E-state index contributed by atoms with van der Waals surface area (Å²) in [5.74, 6) is 5.38. The molecule has 2 unspecified atom stereocenters. The molecule has 1 fully saturated rings. The first-order valence-corrected chi connectivity index (χ1v) is 6.48. The summed E-state index contributed by atoms with van der Waals surface area (Å²) in [6, 6.07) is 3.30. The third-order valence-electron chi connectivity index (χ3n) is 3.26. The highest BCUT2D eigenvalue weighted by Gasteiger charge is 2.26. The first-order chi connectivity index (χ1) is 9.13. The molecule has 2 rings (SSSR count). The number of amides is 1. The molecule has 6 nitrogen and oxygen atoms in total. The molecule has 0 bridgehead atoms. The Morgan fingerprint density at radius 3 is 2.95 bits per heavy atom. The van der Waals surface area contributed by atoms with Gasteiger partial charge in [-0.2, -0.15) is 0 Å². The van der Waals surface area contributed by atoms with E-state index in [9.17, 15) is 4.79 Å². The Balaban J connectivity index is 2.04. The third-order valence-corrected chi connectivity index (χ3v) is 3.57. The first kappa shape index (κ1) is 14.0. The van der Waals surface area contributed by atoms with Crippen LogP contribution in [0, 0.1) is 0 Å². The molecule has 4 N–H and O–H groups in total. The van der Waals surface area contributed by atoms with E-state index < -0.39 is 0 Å². The molecule has 104 valence electrons. The summed E-state index contributed by atoms with van der Waals surface area (Å²) < 4.78 is 5.27. The van der Waals surface area contributed by atoms with E-state index in [1.54, 1.807) is 19.2 Å². The maximum atomic E-state index is 12.1. The van der Waals surface area contributed by atoms with Crippen molar-refractivity contribution in [3.63, 3.8) is 0 Å². The van der Waals surface area contributed by atoms with E-state index in [1.165, 1.54) is 0 Å². The van der Waals surface area contributed by atoms with E-state index in [0.717, 1.165) is 19.3 Å². The lowest BCUT2D eigenvalue weighted by Gasteiger charge is -2.13. The van der Waals surface area contributed by atoms with Gasteiger partial charge in [0.15, 0.2) is 0 Å². The van der Waals surface area contributed by atoms with E-state index >= 15 is 0 Å². The van der Waals surface area contributed by atoms with Gasteiger partial charge in [0.1, 0.15) is 11.5 Å². The zero-order valence-corrected chi connectivity index (χ0v) is 11.4. The summed E-state index contributed by atoms with van der Waals surface area (Å²) in [5.41, 5.74) is 2.57. The summed E-state index contributed by atoms with van der Waals surface area (Å²) >= 11 is 5.97. The van der Waals surface area contributed by atoms with Crippen LogP contribution in [0.4, 0.5) is 5.82 Å². The number of ether oxygens (including phenoxy) is 1. The van der Waals surface area contributed by atoms with Gasteiger partial charge >= 0.3 is 0 Å². The minimum absolute atomic E-state index is 0.102. The second-order valence-electron chi connectivity index (χ2n) is 4.51. The molecule has 7 heteroatoms. The Labute approximate surface area is 116 Å². The van der Waals surface area contributed by atoms with Crippen molar-refractivity contribution >= 4 is 23.3 Å². The molecule has 1 aliphatic rings. The minimum atomic E-state index is -0.288. The van der Waals surface area contributed by atoms with Crippen LogP contribution in [0.3, 0.4) is 0 Å². The Morgan fingerprint density at radius 1 is 1.53 bits per heavy atom. The van der Waals surface area contributed by atoms with Crippen molar-refractivity contribution in [2.24, 2.45) is 5.84 Å². The number of methoxy groups -OCH3 is 1. The van der Waals surface area contributed by atoms with Crippen molar-refractivity contribution in [2.45, 2.75) is 31.4 Å². The maximum absolute atomic E-state index is 12.1. The normalized spacial score (nSPS) is 22.3. The molecule has 1 saturated carbocycles. The van der Waals surface area contributed by atoms with Gasteiger partial charge in [-0.3, -0.25) is 4.79 Å². The van der Waals surface area contributed by atoms with Crippen molar-refractivity contribution in [1.82, 2.24) is 10.3 Å². The summed E-state index contributed by atoms with van der Waals surface area (Å²) in [6.45, 7) is 0. The standard InChI is InChI=1S/C12H17ClN4O2/c1-19-8-3-2-7(6-8)15-12(18)11-9(13)4-5-10(16-11)17-14/h4-5,7-8H,2-3,6,14H2,1H3,(H,15,18)(H,16,17). The summed E-state index contributed by atoms with van der Waals surface area (Å²) in [7, 11) is 1.68. The second-order valence-corrected chi connectivity index (χ2v) is 4.92. The number of hydrogen-bond acceptors (Lipinski definition) is 5. The van der Waals surface area contributed by atoms with Crippen molar-refractivity contribution in [3.8, 4) is 0 Å². The molecular formula is C12H17ClN4O2. The van der Waals surface area contributed by atoms with E-state index in [1.807, 2.05) is 0 Å².